The van der Waals surface area contributed by atoms with Crippen molar-refractivity contribution in [1.29, 1.82) is 0 Å². The molecular formula is C21H27N3O4S. The van der Waals surface area contributed by atoms with Crippen LogP contribution in [0.1, 0.15) is 28.8 Å². The molecule has 2 N–H and O–H groups in total. The van der Waals surface area contributed by atoms with Crippen LogP contribution >= 0.6 is 0 Å². The Balaban J connectivity index is 1.64. The molecule has 0 aromatic heterocycles. The number of hydrogen-bond acceptors (Lipinski definition) is 4. The number of methoxy groups -OCH3 is 1. The molecule has 1 aliphatic heterocycles. The van der Waals surface area contributed by atoms with Crippen molar-refractivity contribution in [2.45, 2.75) is 25.4 Å². The first-order chi connectivity index (χ1) is 14.0. The molecular weight excluding hydrogens is 390 g/mol. The Morgan fingerprint density at radius 1 is 1.24 bits per heavy atom. The first-order valence-corrected chi connectivity index (χ1v) is 10.7. The van der Waals surface area contributed by atoms with E-state index >= 15 is 0 Å². The lowest BCUT2D eigenvalue weighted by Gasteiger charge is -2.37. The van der Waals surface area contributed by atoms with E-state index < -0.39 is 11.3 Å². The molecule has 0 bridgehead atoms. The third-order valence-electron chi connectivity index (χ3n) is 5.31. The highest BCUT2D eigenvalue weighted by Gasteiger charge is 2.27. The largest absolute Gasteiger partial charge is 0.496 e. The summed E-state index contributed by atoms with van der Waals surface area (Å²) in [7, 11) is 3.31. The first-order valence-electron chi connectivity index (χ1n) is 9.57. The fourth-order valence-corrected chi connectivity index (χ4v) is 4.03. The number of carbonyl (C=O) groups is 1. The van der Waals surface area contributed by atoms with Crippen LogP contribution in [0.2, 0.25) is 0 Å². The molecule has 2 aromatic carbocycles. The zero-order valence-corrected chi connectivity index (χ0v) is 17.5. The molecule has 3 rings (SSSR count). The lowest BCUT2D eigenvalue weighted by molar-refractivity contribution is 0.0633. The Kier molecular flexibility index (Phi) is 7.24. The number of carbonyl (C=O) groups excluding carboxylic acids is 1. The van der Waals surface area contributed by atoms with Crippen molar-refractivity contribution in [1.82, 2.24) is 9.80 Å². The number of amides is 1. The molecule has 1 atom stereocenters. The van der Waals surface area contributed by atoms with Crippen LogP contribution in [0.5, 0.6) is 5.75 Å². The second-order valence-electron chi connectivity index (χ2n) is 7.18. The van der Waals surface area contributed by atoms with Gasteiger partial charge < -0.3 is 9.64 Å². The van der Waals surface area contributed by atoms with E-state index in [1.54, 1.807) is 23.1 Å². The number of nitrogens with zero attached hydrogens (tertiary/aromatic N) is 2. The summed E-state index contributed by atoms with van der Waals surface area (Å²) in [5.41, 5.74) is 2.06. The molecule has 8 heteroatoms. The van der Waals surface area contributed by atoms with Gasteiger partial charge >= 0.3 is 0 Å². The van der Waals surface area contributed by atoms with Gasteiger partial charge in [0.25, 0.3) is 17.2 Å². The SMILES string of the molecule is COc1ccc(NS(=O)O)cc1C(=O)N(C)C1CCN(Cc2ccccc2)CC1. The average molecular weight is 418 g/mol. The quantitative estimate of drug-likeness (QED) is 0.677. The number of nitrogens with one attached hydrogen (secondary N) is 1. The first kappa shape index (κ1) is 21.3. The van der Waals surface area contributed by atoms with E-state index in [9.17, 15) is 9.00 Å². The highest BCUT2D eigenvalue weighted by atomic mass is 32.2. The van der Waals surface area contributed by atoms with E-state index in [4.69, 9.17) is 9.29 Å². The monoisotopic (exact) mass is 417 g/mol. The van der Waals surface area contributed by atoms with E-state index in [-0.39, 0.29) is 11.9 Å². The minimum atomic E-state index is -2.20. The Morgan fingerprint density at radius 3 is 2.55 bits per heavy atom. The number of likely N-dealkylation sites (tertiary alicyclic amines) is 1. The minimum absolute atomic E-state index is 0.141. The molecule has 156 valence electrons. The molecule has 1 aliphatic rings. The summed E-state index contributed by atoms with van der Waals surface area (Å²) in [5, 5.41) is 0. The second kappa shape index (κ2) is 9.87. The van der Waals surface area contributed by atoms with Gasteiger partial charge in [0.05, 0.1) is 12.7 Å². The number of hydrogen-bond donors (Lipinski definition) is 2. The Hall–Kier alpha value is -2.42. The lowest BCUT2D eigenvalue weighted by atomic mass is 10.0. The molecule has 7 nitrogen and oxygen atoms in total. The predicted molar refractivity (Wildman–Crippen MR) is 114 cm³/mol. The summed E-state index contributed by atoms with van der Waals surface area (Å²) in [6.45, 7) is 2.78. The van der Waals surface area contributed by atoms with Crippen LogP contribution < -0.4 is 9.46 Å². The molecule has 0 saturated carbocycles. The highest BCUT2D eigenvalue weighted by molar-refractivity contribution is 7.80. The molecule has 1 fully saturated rings. The predicted octanol–water partition coefficient (Wildman–Crippen LogP) is 2.98. The van der Waals surface area contributed by atoms with E-state index in [2.05, 4.69) is 33.9 Å². The zero-order valence-electron chi connectivity index (χ0n) is 16.7. The van der Waals surface area contributed by atoms with Crippen molar-refractivity contribution in [2.24, 2.45) is 0 Å². The fourth-order valence-electron chi connectivity index (χ4n) is 3.70. The number of rotatable bonds is 7. The Morgan fingerprint density at radius 2 is 1.93 bits per heavy atom. The van der Waals surface area contributed by atoms with Gasteiger partial charge in [0.2, 0.25) is 0 Å². The van der Waals surface area contributed by atoms with Gasteiger partial charge in [0, 0.05) is 38.4 Å². The van der Waals surface area contributed by atoms with Crippen LogP contribution in [0.25, 0.3) is 0 Å². The van der Waals surface area contributed by atoms with Crippen LogP contribution in [0.3, 0.4) is 0 Å². The standard InChI is InChI=1S/C21H27N3O4S/c1-23(18-10-12-24(13-11-18)15-16-6-4-3-5-7-16)21(25)19-14-17(22-29(26)27)8-9-20(19)28-2/h3-9,14,18,22H,10-13,15H2,1-2H3,(H,26,27). The maximum atomic E-state index is 13.1. The Bertz CT molecular complexity index is 854. The van der Waals surface area contributed by atoms with E-state index in [0.717, 1.165) is 32.5 Å². The van der Waals surface area contributed by atoms with Crippen LogP contribution in [-0.2, 0) is 17.8 Å². The summed E-state index contributed by atoms with van der Waals surface area (Å²) in [4.78, 5) is 17.3. The molecule has 0 radical (unpaired) electrons. The van der Waals surface area contributed by atoms with Crippen molar-refractivity contribution in [3.63, 3.8) is 0 Å². The molecule has 29 heavy (non-hydrogen) atoms. The normalized spacial score (nSPS) is 16.2. The van der Waals surface area contributed by atoms with Gasteiger partial charge in [0.1, 0.15) is 5.75 Å². The average Bonchev–Trinajstić information content (AvgIpc) is 2.73. The lowest BCUT2D eigenvalue weighted by Crippen LogP contribution is -2.45. The smallest absolute Gasteiger partial charge is 0.259 e. The van der Waals surface area contributed by atoms with E-state index in [1.807, 2.05) is 13.1 Å². The maximum absolute atomic E-state index is 13.1. The molecule has 1 amide bonds. The third-order valence-corrected chi connectivity index (χ3v) is 5.72. The van der Waals surface area contributed by atoms with Crippen molar-refractivity contribution < 1.29 is 18.3 Å². The summed E-state index contributed by atoms with van der Waals surface area (Å²) in [6.07, 6.45) is 1.80. The third kappa shape index (κ3) is 5.56. The van der Waals surface area contributed by atoms with Crippen molar-refractivity contribution in [3.8, 4) is 5.75 Å². The number of benzene rings is 2. The van der Waals surface area contributed by atoms with Crippen molar-refractivity contribution in [2.75, 3.05) is 32.0 Å². The number of ether oxygens (including phenoxy) is 1. The Labute approximate surface area is 174 Å². The molecule has 1 heterocycles. The van der Waals surface area contributed by atoms with Crippen molar-refractivity contribution >= 4 is 22.9 Å². The maximum Gasteiger partial charge on any atom is 0.259 e. The fraction of sp³-hybridized carbons (Fsp3) is 0.381. The van der Waals surface area contributed by atoms with Crippen LogP contribution in [0.15, 0.2) is 48.5 Å². The molecule has 0 spiro atoms. The summed E-state index contributed by atoms with van der Waals surface area (Å²) in [5.74, 6) is 0.286. The van der Waals surface area contributed by atoms with Crippen molar-refractivity contribution in [3.05, 3.63) is 59.7 Å². The van der Waals surface area contributed by atoms with E-state index in [0.29, 0.717) is 17.0 Å². The van der Waals surface area contributed by atoms with Gasteiger partial charge in [0.15, 0.2) is 0 Å². The van der Waals surface area contributed by atoms with Crippen LogP contribution in [0, 0.1) is 0 Å². The second-order valence-corrected chi connectivity index (χ2v) is 7.88. The zero-order chi connectivity index (χ0) is 20.8. The van der Waals surface area contributed by atoms with Crippen LogP contribution in [-0.4, -0.2) is 57.8 Å². The van der Waals surface area contributed by atoms with Gasteiger partial charge in [-0.15, -0.1) is 0 Å². The molecule has 0 aliphatic carbocycles. The number of piperidine rings is 1. The summed E-state index contributed by atoms with van der Waals surface area (Å²) < 4.78 is 27.8. The molecule has 1 unspecified atom stereocenters. The summed E-state index contributed by atoms with van der Waals surface area (Å²) >= 11 is -2.20. The highest BCUT2D eigenvalue weighted by Crippen LogP contribution is 2.26. The molecule has 2 aromatic rings. The topological polar surface area (TPSA) is 82.1 Å². The van der Waals surface area contributed by atoms with Crippen LogP contribution in [0.4, 0.5) is 5.69 Å². The van der Waals surface area contributed by atoms with Gasteiger partial charge in [-0.2, -0.15) is 0 Å². The molecule has 1 saturated heterocycles. The van der Waals surface area contributed by atoms with Gasteiger partial charge in [-0.25, -0.2) is 4.21 Å². The van der Waals surface area contributed by atoms with Gasteiger partial charge in [-0.3, -0.25) is 19.0 Å². The van der Waals surface area contributed by atoms with Gasteiger partial charge in [-0.1, -0.05) is 30.3 Å². The minimum Gasteiger partial charge on any atom is -0.496 e. The summed E-state index contributed by atoms with van der Waals surface area (Å²) in [6, 6.07) is 15.3. The van der Waals surface area contributed by atoms with E-state index in [1.165, 1.54) is 12.7 Å². The van der Waals surface area contributed by atoms with Gasteiger partial charge in [-0.05, 0) is 36.6 Å². The number of anilines is 1.